The number of carbonyl (C=O) groups excluding carboxylic acids is 3. The van der Waals surface area contributed by atoms with Gasteiger partial charge in [0.1, 0.15) is 0 Å². The monoisotopic (exact) mass is 267 g/mol. The second-order valence-corrected chi connectivity index (χ2v) is 5.41. The largest absolute Gasteiger partial charge is 0.330 e. The Morgan fingerprint density at radius 3 is 2.47 bits per heavy atom. The highest BCUT2D eigenvalue weighted by Gasteiger charge is 2.50. The number of nitrogens with one attached hydrogen (secondary N) is 2. The van der Waals surface area contributed by atoms with Crippen molar-refractivity contribution in [3.63, 3.8) is 0 Å². The third-order valence-electron chi connectivity index (χ3n) is 4.01. The number of imide groups is 2. The van der Waals surface area contributed by atoms with Crippen LogP contribution >= 0.6 is 0 Å². The molecule has 1 saturated carbocycles. The van der Waals surface area contributed by atoms with Gasteiger partial charge in [0.2, 0.25) is 0 Å². The topological polar surface area (TPSA) is 78.5 Å². The normalized spacial score (nSPS) is 29.6. The second-order valence-electron chi connectivity index (χ2n) is 5.41. The number of barbiturate groups is 1. The Hall–Kier alpha value is -1.43. The first kappa shape index (κ1) is 14.0. The van der Waals surface area contributed by atoms with Gasteiger partial charge in [-0.2, -0.15) is 0 Å². The van der Waals surface area contributed by atoms with E-state index in [1.165, 1.54) is 6.42 Å². The van der Waals surface area contributed by atoms with Crippen LogP contribution in [0.15, 0.2) is 0 Å². The lowest BCUT2D eigenvalue weighted by molar-refractivity contribution is -0.146. The van der Waals surface area contributed by atoms with E-state index in [0.717, 1.165) is 30.6 Å². The molecule has 2 N–H and O–H groups in total. The zero-order chi connectivity index (χ0) is 14.0. The molecule has 0 bridgehead atoms. The molecular formula is C13H21N3O3. The van der Waals surface area contributed by atoms with Crippen molar-refractivity contribution < 1.29 is 14.4 Å². The minimum Gasteiger partial charge on any atom is -0.293 e. The van der Waals surface area contributed by atoms with Gasteiger partial charge in [0, 0.05) is 12.6 Å². The van der Waals surface area contributed by atoms with Crippen LogP contribution in [0, 0.1) is 0 Å². The highest BCUT2D eigenvalue weighted by Crippen LogP contribution is 2.22. The minimum atomic E-state index is -1.33. The molecule has 6 nitrogen and oxygen atoms in total. The molecular weight excluding hydrogens is 246 g/mol. The zero-order valence-electron chi connectivity index (χ0n) is 11.5. The van der Waals surface area contributed by atoms with Gasteiger partial charge in [0.25, 0.3) is 11.8 Å². The molecule has 0 aromatic carbocycles. The summed E-state index contributed by atoms with van der Waals surface area (Å²) < 4.78 is 0. The highest BCUT2D eigenvalue weighted by molar-refractivity contribution is 6.22. The molecule has 4 amide bonds. The van der Waals surface area contributed by atoms with Crippen molar-refractivity contribution in [3.8, 4) is 0 Å². The first-order valence-corrected chi connectivity index (χ1v) is 6.94. The number of carbonyl (C=O) groups is 3. The number of amides is 4. The van der Waals surface area contributed by atoms with E-state index in [2.05, 4.69) is 10.6 Å². The van der Waals surface area contributed by atoms with Crippen molar-refractivity contribution >= 4 is 17.8 Å². The van der Waals surface area contributed by atoms with Gasteiger partial charge >= 0.3 is 6.03 Å². The van der Waals surface area contributed by atoms with Crippen LogP contribution in [0.4, 0.5) is 4.79 Å². The Labute approximate surface area is 112 Å². The van der Waals surface area contributed by atoms with Gasteiger partial charge in [-0.25, -0.2) is 4.79 Å². The van der Waals surface area contributed by atoms with E-state index in [1.54, 1.807) is 13.8 Å². The molecule has 2 rings (SSSR count). The standard InChI is InChI=1S/C13H21N3O3/c1-3-16-11(18)13(2,10(17)14-12(16)19)15-9-7-5-4-6-8-9/h9,15H,3-8H2,1-2H3,(H,14,17,19). The number of urea groups is 1. The van der Waals surface area contributed by atoms with E-state index < -0.39 is 23.4 Å². The summed E-state index contributed by atoms with van der Waals surface area (Å²) in [5, 5.41) is 5.42. The van der Waals surface area contributed by atoms with Gasteiger partial charge in [-0.1, -0.05) is 19.3 Å². The molecule has 1 atom stereocenters. The highest BCUT2D eigenvalue weighted by atomic mass is 16.2. The van der Waals surface area contributed by atoms with Crippen molar-refractivity contribution in [2.24, 2.45) is 0 Å². The van der Waals surface area contributed by atoms with Crippen molar-refractivity contribution in [1.82, 2.24) is 15.5 Å². The predicted octanol–water partition coefficient (Wildman–Crippen LogP) is 0.766. The SMILES string of the molecule is CCN1C(=O)NC(=O)C(C)(NC2CCCCC2)C1=O. The first-order valence-electron chi connectivity index (χ1n) is 6.94. The van der Waals surface area contributed by atoms with Crippen molar-refractivity contribution in [2.45, 2.75) is 57.5 Å². The van der Waals surface area contributed by atoms with Crippen LogP contribution in [0.5, 0.6) is 0 Å². The van der Waals surface area contributed by atoms with E-state index in [-0.39, 0.29) is 12.6 Å². The molecule has 0 aromatic heterocycles. The molecule has 1 heterocycles. The Balaban J connectivity index is 2.16. The Morgan fingerprint density at radius 2 is 1.89 bits per heavy atom. The molecule has 19 heavy (non-hydrogen) atoms. The third-order valence-corrected chi connectivity index (χ3v) is 4.01. The number of rotatable bonds is 3. The molecule has 106 valence electrons. The molecule has 1 aliphatic heterocycles. The van der Waals surface area contributed by atoms with E-state index in [0.29, 0.717) is 0 Å². The fourth-order valence-corrected chi connectivity index (χ4v) is 2.82. The summed E-state index contributed by atoms with van der Waals surface area (Å²) in [6.07, 6.45) is 5.36. The molecule has 0 spiro atoms. The summed E-state index contributed by atoms with van der Waals surface area (Å²) in [5.41, 5.74) is -1.33. The van der Waals surface area contributed by atoms with E-state index in [1.807, 2.05) is 0 Å². The lowest BCUT2D eigenvalue weighted by Gasteiger charge is -2.40. The van der Waals surface area contributed by atoms with Crippen LogP contribution in [-0.2, 0) is 9.59 Å². The first-order chi connectivity index (χ1) is 8.99. The summed E-state index contributed by atoms with van der Waals surface area (Å²) >= 11 is 0. The van der Waals surface area contributed by atoms with Gasteiger partial charge in [0.15, 0.2) is 5.54 Å². The summed E-state index contributed by atoms with van der Waals surface area (Å²) in [6.45, 7) is 3.54. The van der Waals surface area contributed by atoms with Crippen molar-refractivity contribution in [3.05, 3.63) is 0 Å². The minimum absolute atomic E-state index is 0.167. The van der Waals surface area contributed by atoms with E-state index in [4.69, 9.17) is 0 Å². The maximum atomic E-state index is 12.4. The maximum absolute atomic E-state index is 12.4. The molecule has 1 aliphatic carbocycles. The summed E-state index contributed by atoms with van der Waals surface area (Å²) in [4.78, 5) is 37.0. The van der Waals surface area contributed by atoms with Gasteiger partial charge in [-0.3, -0.25) is 25.1 Å². The molecule has 0 aromatic rings. The maximum Gasteiger partial charge on any atom is 0.330 e. The van der Waals surface area contributed by atoms with E-state index >= 15 is 0 Å². The number of hydrogen-bond acceptors (Lipinski definition) is 4. The van der Waals surface area contributed by atoms with Crippen LogP contribution < -0.4 is 10.6 Å². The summed E-state index contributed by atoms with van der Waals surface area (Å²) in [5.74, 6) is -0.993. The average Bonchev–Trinajstić information content (AvgIpc) is 2.38. The van der Waals surface area contributed by atoms with Crippen LogP contribution in [-0.4, -0.2) is 40.9 Å². The smallest absolute Gasteiger partial charge is 0.293 e. The summed E-state index contributed by atoms with van der Waals surface area (Å²) in [7, 11) is 0. The number of hydrogen-bond donors (Lipinski definition) is 2. The lowest BCUT2D eigenvalue weighted by atomic mass is 9.90. The van der Waals surface area contributed by atoms with Crippen molar-refractivity contribution in [2.75, 3.05) is 6.54 Å². The number of likely N-dealkylation sites (N-methyl/N-ethyl adjacent to an activating group) is 1. The molecule has 0 radical (unpaired) electrons. The Morgan fingerprint density at radius 1 is 1.26 bits per heavy atom. The van der Waals surface area contributed by atoms with Crippen molar-refractivity contribution in [1.29, 1.82) is 0 Å². The zero-order valence-corrected chi connectivity index (χ0v) is 11.5. The molecule has 2 fully saturated rings. The molecule has 1 unspecified atom stereocenters. The number of nitrogens with zero attached hydrogens (tertiary/aromatic N) is 1. The Bertz CT molecular complexity index is 404. The van der Waals surface area contributed by atoms with Gasteiger partial charge in [0.05, 0.1) is 0 Å². The predicted molar refractivity (Wildman–Crippen MR) is 69.3 cm³/mol. The van der Waals surface area contributed by atoms with E-state index in [9.17, 15) is 14.4 Å². The molecule has 6 heteroatoms. The fourth-order valence-electron chi connectivity index (χ4n) is 2.82. The lowest BCUT2D eigenvalue weighted by Crippen LogP contribution is -2.73. The average molecular weight is 267 g/mol. The molecule has 1 saturated heterocycles. The van der Waals surface area contributed by atoms with Crippen LogP contribution in [0.2, 0.25) is 0 Å². The van der Waals surface area contributed by atoms with Crippen LogP contribution in [0.25, 0.3) is 0 Å². The fraction of sp³-hybridized carbons (Fsp3) is 0.769. The summed E-state index contributed by atoms with van der Waals surface area (Å²) in [6, 6.07) is -0.458. The Kier molecular flexibility index (Phi) is 3.89. The quantitative estimate of drug-likeness (QED) is 0.740. The van der Waals surface area contributed by atoms with Gasteiger partial charge < -0.3 is 0 Å². The second kappa shape index (κ2) is 5.28. The van der Waals surface area contributed by atoms with Gasteiger partial charge in [-0.15, -0.1) is 0 Å². The van der Waals surface area contributed by atoms with Crippen LogP contribution in [0.1, 0.15) is 46.0 Å². The van der Waals surface area contributed by atoms with Crippen LogP contribution in [0.3, 0.4) is 0 Å². The third kappa shape index (κ3) is 2.49. The van der Waals surface area contributed by atoms with Gasteiger partial charge in [-0.05, 0) is 26.7 Å². The molecule has 2 aliphatic rings.